The van der Waals surface area contributed by atoms with E-state index < -0.39 is 0 Å². The van der Waals surface area contributed by atoms with Crippen molar-refractivity contribution in [2.45, 2.75) is 0 Å². The van der Waals surface area contributed by atoms with Gasteiger partial charge in [-0.2, -0.15) is 0 Å². The van der Waals surface area contributed by atoms with Crippen molar-refractivity contribution in [1.29, 1.82) is 0 Å². The van der Waals surface area contributed by atoms with Gasteiger partial charge in [0.25, 0.3) is 0 Å². The Balaban J connectivity index is 2.06. The monoisotopic (exact) mass is 310 g/mol. The lowest BCUT2D eigenvalue weighted by Crippen LogP contribution is -1.79. The van der Waals surface area contributed by atoms with E-state index in [0.717, 1.165) is 11.1 Å². The SMILES string of the molecule is Oc1ccc(-c2cccc3c2sc2ccccc23)cc1Cl. The molecule has 1 heterocycles. The van der Waals surface area contributed by atoms with Gasteiger partial charge in [0, 0.05) is 20.2 Å². The Morgan fingerprint density at radius 2 is 1.67 bits per heavy atom. The summed E-state index contributed by atoms with van der Waals surface area (Å²) in [5, 5.41) is 12.5. The maximum Gasteiger partial charge on any atom is 0.134 e. The fourth-order valence-electron chi connectivity index (χ4n) is 2.65. The highest BCUT2D eigenvalue weighted by molar-refractivity contribution is 7.26. The van der Waals surface area contributed by atoms with Gasteiger partial charge in [-0.05, 0) is 29.3 Å². The second kappa shape index (κ2) is 4.76. The van der Waals surface area contributed by atoms with Crippen LogP contribution in [-0.4, -0.2) is 5.11 Å². The third kappa shape index (κ3) is 1.99. The first-order valence-corrected chi connectivity index (χ1v) is 7.82. The molecule has 1 N–H and O–H groups in total. The summed E-state index contributed by atoms with van der Waals surface area (Å²) in [6.45, 7) is 0. The molecule has 0 amide bonds. The Hall–Kier alpha value is -2.03. The van der Waals surface area contributed by atoms with Crippen LogP contribution in [-0.2, 0) is 0 Å². The number of aromatic hydroxyl groups is 1. The quantitative estimate of drug-likeness (QED) is 0.451. The van der Waals surface area contributed by atoms with Crippen molar-refractivity contribution in [2.24, 2.45) is 0 Å². The summed E-state index contributed by atoms with van der Waals surface area (Å²) < 4.78 is 2.53. The molecule has 3 aromatic carbocycles. The van der Waals surface area contributed by atoms with Crippen molar-refractivity contribution in [3.05, 3.63) is 65.7 Å². The predicted molar refractivity (Wildman–Crippen MR) is 91.4 cm³/mol. The van der Waals surface area contributed by atoms with Gasteiger partial charge in [0.15, 0.2) is 0 Å². The fraction of sp³-hybridized carbons (Fsp3) is 0. The Bertz CT molecular complexity index is 971. The van der Waals surface area contributed by atoms with E-state index in [-0.39, 0.29) is 5.75 Å². The largest absolute Gasteiger partial charge is 0.506 e. The van der Waals surface area contributed by atoms with Crippen LogP contribution in [0.3, 0.4) is 0 Å². The molecule has 0 saturated heterocycles. The number of phenolic OH excluding ortho intramolecular Hbond substituents is 1. The average molecular weight is 311 g/mol. The van der Waals surface area contributed by atoms with E-state index in [1.807, 2.05) is 12.1 Å². The minimum absolute atomic E-state index is 0.115. The van der Waals surface area contributed by atoms with Gasteiger partial charge >= 0.3 is 0 Å². The summed E-state index contributed by atoms with van der Waals surface area (Å²) in [4.78, 5) is 0. The molecule has 0 fully saturated rings. The fourth-order valence-corrected chi connectivity index (χ4v) is 4.07. The molecule has 0 spiro atoms. The van der Waals surface area contributed by atoms with Gasteiger partial charge in [0.05, 0.1) is 5.02 Å². The van der Waals surface area contributed by atoms with Crippen LogP contribution in [0.15, 0.2) is 60.7 Å². The molecule has 4 aromatic rings. The van der Waals surface area contributed by atoms with Crippen molar-refractivity contribution in [3.8, 4) is 16.9 Å². The Labute approximate surface area is 131 Å². The van der Waals surface area contributed by atoms with Crippen molar-refractivity contribution in [2.75, 3.05) is 0 Å². The summed E-state index contributed by atoms with van der Waals surface area (Å²) in [6, 6.07) is 20.1. The molecule has 3 heteroatoms. The third-order valence-electron chi connectivity index (χ3n) is 3.66. The summed E-state index contributed by atoms with van der Waals surface area (Å²) in [5.41, 5.74) is 2.17. The number of halogens is 1. The molecule has 0 aliphatic heterocycles. The van der Waals surface area contributed by atoms with Crippen LogP contribution in [0.5, 0.6) is 5.75 Å². The molecule has 1 nitrogen and oxygen atoms in total. The molecule has 0 atom stereocenters. The molecule has 0 unspecified atom stereocenters. The van der Waals surface area contributed by atoms with Crippen LogP contribution in [0.2, 0.25) is 5.02 Å². The van der Waals surface area contributed by atoms with E-state index in [2.05, 4.69) is 42.5 Å². The zero-order chi connectivity index (χ0) is 14.4. The molecule has 0 aliphatic rings. The van der Waals surface area contributed by atoms with Crippen molar-refractivity contribution in [3.63, 3.8) is 0 Å². The first kappa shape index (κ1) is 12.7. The van der Waals surface area contributed by atoms with Crippen molar-refractivity contribution >= 4 is 43.1 Å². The minimum atomic E-state index is 0.115. The molecular formula is C18H11ClOS. The van der Waals surface area contributed by atoms with Gasteiger partial charge < -0.3 is 5.11 Å². The summed E-state index contributed by atoms with van der Waals surface area (Å²) >= 11 is 7.83. The zero-order valence-electron chi connectivity index (χ0n) is 11.0. The average Bonchev–Trinajstić information content (AvgIpc) is 2.89. The van der Waals surface area contributed by atoms with Crippen LogP contribution in [0.25, 0.3) is 31.3 Å². The Morgan fingerprint density at radius 3 is 2.52 bits per heavy atom. The van der Waals surface area contributed by atoms with Crippen LogP contribution < -0.4 is 0 Å². The standard InChI is InChI=1S/C18H11ClOS/c19-15-10-11(8-9-16(15)20)12-5-3-6-14-13-4-1-2-7-17(13)21-18(12)14/h1-10,20H. The molecular weight excluding hydrogens is 300 g/mol. The number of phenols is 1. The molecule has 0 aliphatic carbocycles. The van der Waals surface area contributed by atoms with Gasteiger partial charge in [0.1, 0.15) is 5.75 Å². The van der Waals surface area contributed by atoms with Crippen molar-refractivity contribution in [1.82, 2.24) is 0 Å². The first-order chi connectivity index (χ1) is 10.2. The normalized spacial score (nSPS) is 11.3. The third-order valence-corrected chi connectivity index (χ3v) is 5.19. The van der Waals surface area contributed by atoms with E-state index >= 15 is 0 Å². The van der Waals surface area contributed by atoms with Gasteiger partial charge in [-0.15, -0.1) is 11.3 Å². The smallest absolute Gasteiger partial charge is 0.134 e. The van der Waals surface area contributed by atoms with E-state index in [0.29, 0.717) is 5.02 Å². The highest BCUT2D eigenvalue weighted by Crippen LogP contribution is 2.40. The van der Waals surface area contributed by atoms with Gasteiger partial charge in [-0.1, -0.05) is 54.1 Å². The second-order valence-electron chi connectivity index (χ2n) is 4.95. The highest BCUT2D eigenvalue weighted by Gasteiger charge is 2.10. The first-order valence-electron chi connectivity index (χ1n) is 6.63. The summed E-state index contributed by atoms with van der Waals surface area (Å²) in [6.07, 6.45) is 0. The van der Waals surface area contributed by atoms with Crippen LogP contribution in [0.4, 0.5) is 0 Å². The lowest BCUT2D eigenvalue weighted by Gasteiger charge is -2.05. The molecule has 1 aromatic heterocycles. The summed E-state index contributed by atoms with van der Waals surface area (Å²) in [7, 11) is 0. The Kier molecular flexibility index (Phi) is 2.88. The predicted octanol–water partition coefficient (Wildman–Crippen LogP) is 6.08. The number of thiophene rings is 1. The maximum atomic E-state index is 9.59. The number of hydrogen-bond acceptors (Lipinski definition) is 2. The van der Waals surface area contributed by atoms with Gasteiger partial charge in [-0.3, -0.25) is 0 Å². The number of fused-ring (bicyclic) bond motifs is 3. The lowest BCUT2D eigenvalue weighted by atomic mass is 10.0. The van der Waals surface area contributed by atoms with E-state index in [9.17, 15) is 5.11 Å². The van der Waals surface area contributed by atoms with Crippen LogP contribution in [0, 0.1) is 0 Å². The van der Waals surface area contributed by atoms with Crippen LogP contribution >= 0.6 is 22.9 Å². The van der Waals surface area contributed by atoms with E-state index in [4.69, 9.17) is 11.6 Å². The maximum absolute atomic E-state index is 9.59. The van der Waals surface area contributed by atoms with Crippen molar-refractivity contribution < 1.29 is 5.11 Å². The molecule has 21 heavy (non-hydrogen) atoms. The number of hydrogen-bond donors (Lipinski definition) is 1. The molecule has 102 valence electrons. The molecule has 4 rings (SSSR count). The number of benzene rings is 3. The van der Waals surface area contributed by atoms with Crippen LogP contribution in [0.1, 0.15) is 0 Å². The van der Waals surface area contributed by atoms with Gasteiger partial charge in [0.2, 0.25) is 0 Å². The minimum Gasteiger partial charge on any atom is -0.506 e. The molecule has 0 radical (unpaired) electrons. The highest BCUT2D eigenvalue weighted by atomic mass is 35.5. The lowest BCUT2D eigenvalue weighted by molar-refractivity contribution is 0.475. The van der Waals surface area contributed by atoms with Gasteiger partial charge in [-0.25, -0.2) is 0 Å². The zero-order valence-corrected chi connectivity index (χ0v) is 12.6. The summed E-state index contributed by atoms with van der Waals surface area (Å²) in [5.74, 6) is 0.115. The second-order valence-corrected chi connectivity index (χ2v) is 6.41. The number of rotatable bonds is 1. The van der Waals surface area contributed by atoms with E-state index in [1.54, 1.807) is 17.4 Å². The van der Waals surface area contributed by atoms with E-state index in [1.165, 1.54) is 20.2 Å². The molecule has 0 saturated carbocycles. The topological polar surface area (TPSA) is 20.2 Å². The Morgan fingerprint density at radius 1 is 0.857 bits per heavy atom. The molecule has 0 bridgehead atoms.